The van der Waals surface area contributed by atoms with Crippen molar-refractivity contribution in [3.63, 3.8) is 0 Å². The van der Waals surface area contributed by atoms with E-state index in [4.69, 9.17) is 4.74 Å². The Bertz CT molecular complexity index is 580. The smallest absolute Gasteiger partial charge is 0.142 e. The van der Waals surface area contributed by atoms with E-state index >= 15 is 0 Å². The van der Waals surface area contributed by atoms with Crippen molar-refractivity contribution in [1.29, 1.82) is 0 Å². The minimum Gasteiger partial charge on any atom is -0.361 e. The van der Waals surface area contributed by atoms with Crippen molar-refractivity contribution in [3.8, 4) is 0 Å². The molecule has 2 aromatic heterocycles. The van der Waals surface area contributed by atoms with E-state index in [9.17, 15) is 0 Å². The Hall–Kier alpha value is 0.0769. The summed E-state index contributed by atoms with van der Waals surface area (Å²) in [5.41, 5.74) is 0.987. The molecule has 0 saturated carbocycles. The Morgan fingerprint density at radius 3 is 2.84 bits per heavy atom. The minimum atomic E-state index is -1.01. The zero-order valence-corrected chi connectivity index (χ0v) is 16.2. The van der Waals surface area contributed by atoms with Crippen LogP contribution in [0.2, 0.25) is 25.7 Å². The molecule has 0 bridgehead atoms. The van der Waals surface area contributed by atoms with Gasteiger partial charge in [-0.15, -0.1) is 0 Å². The number of halogens is 2. The average Bonchev–Trinajstić information content (AvgIpc) is 2.72. The third-order valence-corrected chi connectivity index (χ3v) is 7.12. The van der Waals surface area contributed by atoms with Crippen molar-refractivity contribution in [2.24, 2.45) is 0 Å². The van der Waals surface area contributed by atoms with Crippen LogP contribution in [0.1, 0.15) is 0 Å². The predicted octanol–water partition coefficient (Wildman–Crippen LogP) is 4.72. The molecule has 0 aromatic carbocycles. The fourth-order valence-electron chi connectivity index (χ4n) is 1.73. The van der Waals surface area contributed by atoms with Crippen molar-refractivity contribution in [3.05, 3.63) is 26.5 Å². The topological polar surface area (TPSA) is 27.1 Å². The fourth-order valence-corrected chi connectivity index (χ4v) is 3.36. The van der Waals surface area contributed by atoms with Crippen LogP contribution in [0.3, 0.4) is 0 Å². The first kappa shape index (κ1) is 15.5. The molecule has 2 heterocycles. The van der Waals surface area contributed by atoms with Gasteiger partial charge in [-0.1, -0.05) is 19.6 Å². The van der Waals surface area contributed by atoms with E-state index in [1.165, 1.54) is 15.0 Å². The molecule has 0 spiro atoms. The van der Waals surface area contributed by atoms with Gasteiger partial charge in [0.1, 0.15) is 12.4 Å². The van der Waals surface area contributed by atoms with Gasteiger partial charge in [-0.05, 0) is 50.6 Å². The monoisotopic (exact) mass is 452 g/mol. The van der Waals surface area contributed by atoms with E-state index < -0.39 is 8.07 Å². The highest BCUT2D eigenvalue weighted by atomic mass is 127. The summed E-state index contributed by atoms with van der Waals surface area (Å²) in [7, 11) is -1.01. The maximum Gasteiger partial charge on any atom is 0.142 e. The number of rotatable bonds is 5. The first-order chi connectivity index (χ1) is 8.88. The summed E-state index contributed by atoms with van der Waals surface area (Å²) in [6.45, 7) is 8.51. The van der Waals surface area contributed by atoms with Crippen LogP contribution >= 0.6 is 38.5 Å². The van der Waals surface area contributed by atoms with Crippen LogP contribution in [-0.2, 0) is 11.5 Å². The number of fused-ring (bicyclic) bond motifs is 1. The quantitative estimate of drug-likeness (QED) is 0.373. The van der Waals surface area contributed by atoms with E-state index in [2.05, 4.69) is 73.8 Å². The highest BCUT2D eigenvalue weighted by molar-refractivity contribution is 14.1. The second kappa shape index (κ2) is 6.24. The summed E-state index contributed by atoms with van der Waals surface area (Å²) in [6.07, 6.45) is 3.89. The molecular formula is C13H18BrIN2OSi. The Kier molecular flexibility index (Phi) is 5.08. The Balaban J connectivity index is 2.04. The molecule has 0 aliphatic heterocycles. The SMILES string of the molecule is C[Si](C)(C)CCOCn1ccc2c(I)c(Br)cnc21. The van der Waals surface area contributed by atoms with Crippen LogP contribution in [0.5, 0.6) is 0 Å². The zero-order valence-electron chi connectivity index (χ0n) is 11.4. The summed E-state index contributed by atoms with van der Waals surface area (Å²) in [4.78, 5) is 4.47. The van der Waals surface area contributed by atoms with Crippen molar-refractivity contribution in [2.45, 2.75) is 32.4 Å². The second-order valence-corrected chi connectivity index (χ2v) is 13.3. The first-order valence-corrected chi connectivity index (χ1v) is 11.8. The van der Waals surface area contributed by atoms with Crippen LogP contribution in [0.25, 0.3) is 11.0 Å². The third-order valence-electron chi connectivity index (χ3n) is 2.91. The van der Waals surface area contributed by atoms with Crippen LogP contribution in [0, 0.1) is 3.57 Å². The molecule has 3 nitrogen and oxygen atoms in total. The zero-order chi connectivity index (χ0) is 14.0. The van der Waals surface area contributed by atoms with E-state index in [1.807, 2.05) is 12.4 Å². The third kappa shape index (κ3) is 4.02. The summed E-state index contributed by atoms with van der Waals surface area (Å²) in [6, 6.07) is 3.29. The summed E-state index contributed by atoms with van der Waals surface area (Å²) < 4.78 is 10.1. The number of pyridine rings is 1. The second-order valence-electron chi connectivity index (χ2n) is 5.79. The largest absolute Gasteiger partial charge is 0.361 e. The fraction of sp³-hybridized carbons (Fsp3) is 0.462. The normalized spacial score (nSPS) is 12.3. The Morgan fingerprint density at radius 1 is 1.42 bits per heavy atom. The first-order valence-electron chi connectivity index (χ1n) is 6.25. The number of hydrogen-bond donors (Lipinski definition) is 0. The molecule has 6 heteroatoms. The number of nitrogens with zero attached hydrogens (tertiary/aromatic N) is 2. The van der Waals surface area contributed by atoms with Gasteiger partial charge in [-0.3, -0.25) is 0 Å². The van der Waals surface area contributed by atoms with Crippen LogP contribution in [-0.4, -0.2) is 24.2 Å². The molecule has 2 rings (SSSR count). The van der Waals surface area contributed by atoms with Crippen LogP contribution < -0.4 is 0 Å². The molecule has 0 radical (unpaired) electrons. The highest BCUT2D eigenvalue weighted by Crippen LogP contribution is 2.26. The van der Waals surface area contributed by atoms with Gasteiger partial charge in [-0.2, -0.15) is 0 Å². The lowest BCUT2D eigenvalue weighted by Crippen LogP contribution is -2.22. The van der Waals surface area contributed by atoms with Gasteiger partial charge in [0, 0.05) is 40.5 Å². The van der Waals surface area contributed by atoms with Gasteiger partial charge in [0.05, 0.1) is 0 Å². The molecule has 0 saturated heterocycles. The van der Waals surface area contributed by atoms with E-state index in [1.54, 1.807) is 0 Å². The average molecular weight is 453 g/mol. The lowest BCUT2D eigenvalue weighted by Gasteiger charge is -2.15. The molecule has 104 valence electrons. The lowest BCUT2D eigenvalue weighted by atomic mass is 10.3. The molecule has 0 N–H and O–H groups in total. The summed E-state index contributed by atoms with van der Waals surface area (Å²) in [5.74, 6) is 0. The molecule has 0 unspecified atom stereocenters. The maximum absolute atomic E-state index is 5.78. The maximum atomic E-state index is 5.78. The van der Waals surface area contributed by atoms with Gasteiger partial charge in [-0.25, -0.2) is 4.98 Å². The molecular weight excluding hydrogens is 435 g/mol. The van der Waals surface area contributed by atoms with Crippen molar-refractivity contribution in [2.75, 3.05) is 6.61 Å². The minimum absolute atomic E-state index is 0.582. The van der Waals surface area contributed by atoms with Gasteiger partial charge in [0.15, 0.2) is 0 Å². The lowest BCUT2D eigenvalue weighted by molar-refractivity contribution is 0.0899. The van der Waals surface area contributed by atoms with E-state index in [-0.39, 0.29) is 0 Å². The predicted molar refractivity (Wildman–Crippen MR) is 94.3 cm³/mol. The van der Waals surface area contributed by atoms with Gasteiger partial charge in [0.2, 0.25) is 0 Å². The summed E-state index contributed by atoms with van der Waals surface area (Å²) in [5, 5.41) is 1.17. The molecule has 0 fully saturated rings. The highest BCUT2D eigenvalue weighted by Gasteiger charge is 2.12. The van der Waals surface area contributed by atoms with E-state index in [0.717, 1.165) is 16.7 Å². The molecule has 2 aromatic rings. The Labute approximate surface area is 137 Å². The van der Waals surface area contributed by atoms with Crippen LogP contribution in [0.4, 0.5) is 0 Å². The van der Waals surface area contributed by atoms with E-state index in [0.29, 0.717) is 6.73 Å². The Morgan fingerprint density at radius 2 is 2.16 bits per heavy atom. The molecule has 0 aliphatic carbocycles. The van der Waals surface area contributed by atoms with Gasteiger partial charge in [0.25, 0.3) is 0 Å². The summed E-state index contributed by atoms with van der Waals surface area (Å²) >= 11 is 5.84. The standard InChI is InChI=1S/C13H18BrIN2OSi/c1-19(2,3)7-6-18-9-17-5-4-10-12(15)11(14)8-16-13(10)17/h4-5,8H,6-7,9H2,1-3H3. The molecule has 0 amide bonds. The number of ether oxygens (including phenoxy) is 1. The molecule has 19 heavy (non-hydrogen) atoms. The van der Waals surface area contributed by atoms with Crippen molar-refractivity contribution < 1.29 is 4.74 Å². The number of aromatic nitrogens is 2. The van der Waals surface area contributed by atoms with Crippen molar-refractivity contribution in [1.82, 2.24) is 9.55 Å². The molecule has 0 atom stereocenters. The molecule has 0 aliphatic rings. The van der Waals surface area contributed by atoms with Gasteiger partial charge >= 0.3 is 0 Å². The van der Waals surface area contributed by atoms with Crippen LogP contribution in [0.15, 0.2) is 22.9 Å². The van der Waals surface area contributed by atoms with Gasteiger partial charge < -0.3 is 9.30 Å². The van der Waals surface area contributed by atoms with Crippen molar-refractivity contribution >= 4 is 57.6 Å². The number of hydrogen-bond acceptors (Lipinski definition) is 2.